The molecule has 27 heavy (non-hydrogen) atoms. The van der Waals surface area contributed by atoms with Crippen molar-refractivity contribution >= 4 is 18.3 Å². The summed E-state index contributed by atoms with van der Waals surface area (Å²) < 4.78 is 1.93. The summed E-state index contributed by atoms with van der Waals surface area (Å²) in [6.45, 7) is 6.74. The highest BCUT2D eigenvalue weighted by molar-refractivity contribution is 5.93. The molecular formula is C20H28ClN5O. The monoisotopic (exact) mass is 389 g/mol. The van der Waals surface area contributed by atoms with Gasteiger partial charge in [0.15, 0.2) is 5.69 Å². The van der Waals surface area contributed by atoms with Crippen molar-refractivity contribution in [3.63, 3.8) is 0 Å². The minimum Gasteiger partial charge on any atom is -0.350 e. The number of nitrogens with zero attached hydrogens (tertiary/aromatic N) is 3. The highest BCUT2D eigenvalue weighted by Crippen LogP contribution is 2.48. The van der Waals surface area contributed by atoms with Crippen molar-refractivity contribution in [3.05, 3.63) is 46.8 Å². The number of piperidine rings is 1. The van der Waals surface area contributed by atoms with E-state index in [-0.39, 0.29) is 23.7 Å². The molecule has 0 bridgehead atoms. The van der Waals surface area contributed by atoms with Crippen molar-refractivity contribution in [2.45, 2.75) is 51.0 Å². The third kappa shape index (κ3) is 3.87. The van der Waals surface area contributed by atoms with Crippen molar-refractivity contribution in [1.29, 1.82) is 0 Å². The van der Waals surface area contributed by atoms with E-state index in [1.54, 1.807) is 0 Å². The van der Waals surface area contributed by atoms with Gasteiger partial charge in [-0.15, -0.1) is 17.5 Å². The second-order valence-electron chi connectivity index (χ2n) is 7.73. The van der Waals surface area contributed by atoms with E-state index in [9.17, 15) is 4.79 Å². The Hall–Kier alpha value is -1.92. The van der Waals surface area contributed by atoms with E-state index in [0.29, 0.717) is 18.3 Å². The fraction of sp³-hybridized carbons (Fsp3) is 0.550. The van der Waals surface area contributed by atoms with Crippen molar-refractivity contribution in [1.82, 2.24) is 25.6 Å². The molecule has 2 aromatic rings. The minimum atomic E-state index is -0.109. The zero-order chi connectivity index (χ0) is 18.1. The summed E-state index contributed by atoms with van der Waals surface area (Å²) in [4.78, 5) is 12.7. The summed E-state index contributed by atoms with van der Waals surface area (Å²) in [5.41, 5.74) is 4.09. The van der Waals surface area contributed by atoms with Gasteiger partial charge in [0.05, 0.1) is 11.7 Å². The highest BCUT2D eigenvalue weighted by Gasteiger charge is 2.45. The second-order valence-corrected chi connectivity index (χ2v) is 7.73. The minimum absolute atomic E-state index is 0. The van der Waals surface area contributed by atoms with Gasteiger partial charge in [-0.25, -0.2) is 4.68 Å². The zero-order valence-electron chi connectivity index (χ0n) is 16.0. The Morgan fingerprint density at radius 1 is 1.26 bits per heavy atom. The number of aromatic nitrogens is 3. The molecule has 1 aliphatic heterocycles. The van der Waals surface area contributed by atoms with Gasteiger partial charge >= 0.3 is 0 Å². The molecule has 2 N–H and O–H groups in total. The molecule has 0 spiro atoms. The molecule has 7 heteroatoms. The zero-order valence-corrected chi connectivity index (χ0v) is 16.8. The van der Waals surface area contributed by atoms with E-state index < -0.39 is 0 Å². The van der Waals surface area contributed by atoms with Crippen LogP contribution in [0.5, 0.6) is 0 Å². The van der Waals surface area contributed by atoms with Crippen LogP contribution in [0.15, 0.2) is 24.3 Å². The maximum Gasteiger partial charge on any atom is 0.273 e. The fourth-order valence-electron chi connectivity index (χ4n) is 4.14. The summed E-state index contributed by atoms with van der Waals surface area (Å²) in [7, 11) is 0. The standard InChI is InChI=1S/C20H27N5O.ClH/c1-14-5-3-4-6-17(14)20(9-10-20)13-22-19(26)18-15(2)25(24-23-18)16-7-11-21-12-8-16;/h3-6,16,21H,7-13H2,1-2H3,(H,22,26);1H. The molecule has 0 radical (unpaired) electrons. The topological polar surface area (TPSA) is 71.8 Å². The van der Waals surface area contributed by atoms with E-state index in [1.807, 2.05) is 11.6 Å². The maximum atomic E-state index is 12.7. The lowest BCUT2D eigenvalue weighted by molar-refractivity contribution is 0.0944. The van der Waals surface area contributed by atoms with Crippen LogP contribution in [0.25, 0.3) is 0 Å². The summed E-state index contributed by atoms with van der Waals surface area (Å²) in [6.07, 6.45) is 4.31. The van der Waals surface area contributed by atoms with Gasteiger partial charge in [-0.1, -0.05) is 29.5 Å². The molecule has 1 saturated heterocycles. The van der Waals surface area contributed by atoms with Gasteiger partial charge in [-0.05, 0) is 63.7 Å². The molecule has 0 unspecified atom stereocenters. The first-order valence-electron chi connectivity index (χ1n) is 9.57. The van der Waals surface area contributed by atoms with Gasteiger partial charge in [0.2, 0.25) is 0 Å². The van der Waals surface area contributed by atoms with E-state index in [0.717, 1.165) is 44.5 Å². The van der Waals surface area contributed by atoms with Crippen LogP contribution in [-0.4, -0.2) is 40.5 Å². The van der Waals surface area contributed by atoms with Gasteiger partial charge < -0.3 is 10.6 Å². The van der Waals surface area contributed by atoms with Crippen LogP contribution in [0.4, 0.5) is 0 Å². The number of benzene rings is 1. The lowest BCUT2D eigenvalue weighted by Gasteiger charge is -2.23. The summed E-state index contributed by atoms with van der Waals surface area (Å²) in [5.74, 6) is -0.109. The Kier molecular flexibility index (Phi) is 5.86. The first-order valence-corrected chi connectivity index (χ1v) is 9.57. The third-order valence-electron chi connectivity index (χ3n) is 5.95. The number of amides is 1. The van der Waals surface area contributed by atoms with Crippen LogP contribution < -0.4 is 10.6 Å². The van der Waals surface area contributed by atoms with Crippen molar-refractivity contribution in [3.8, 4) is 0 Å². The number of hydrogen-bond acceptors (Lipinski definition) is 4. The fourth-order valence-corrected chi connectivity index (χ4v) is 4.14. The van der Waals surface area contributed by atoms with Gasteiger partial charge in [0.25, 0.3) is 5.91 Å². The normalized spacial score (nSPS) is 18.6. The van der Waals surface area contributed by atoms with Crippen LogP contribution in [0.1, 0.15) is 59.0 Å². The molecule has 1 saturated carbocycles. The number of rotatable bonds is 5. The third-order valence-corrected chi connectivity index (χ3v) is 5.95. The van der Waals surface area contributed by atoms with Gasteiger partial charge in [0.1, 0.15) is 0 Å². The van der Waals surface area contributed by atoms with Gasteiger partial charge in [0, 0.05) is 12.0 Å². The lowest BCUT2D eigenvalue weighted by Crippen LogP contribution is -2.33. The Labute approximate surface area is 166 Å². The summed E-state index contributed by atoms with van der Waals surface area (Å²) in [5, 5.41) is 14.9. The molecular weight excluding hydrogens is 362 g/mol. The largest absolute Gasteiger partial charge is 0.350 e. The van der Waals surface area contributed by atoms with E-state index in [2.05, 4.69) is 52.1 Å². The van der Waals surface area contributed by atoms with E-state index in [1.165, 1.54) is 11.1 Å². The van der Waals surface area contributed by atoms with Crippen LogP contribution >= 0.6 is 12.4 Å². The molecule has 1 amide bonds. The molecule has 6 nitrogen and oxygen atoms in total. The first kappa shape index (κ1) is 19.8. The smallest absolute Gasteiger partial charge is 0.273 e. The van der Waals surface area contributed by atoms with E-state index in [4.69, 9.17) is 0 Å². The molecule has 4 rings (SSSR count). The number of carbonyl (C=O) groups is 1. The Morgan fingerprint density at radius 2 is 1.96 bits per heavy atom. The van der Waals surface area contributed by atoms with Crippen LogP contribution in [0.2, 0.25) is 0 Å². The van der Waals surface area contributed by atoms with Crippen molar-refractivity contribution in [2.75, 3.05) is 19.6 Å². The molecule has 0 atom stereocenters. The van der Waals surface area contributed by atoms with Crippen molar-refractivity contribution in [2.24, 2.45) is 0 Å². The predicted molar refractivity (Wildman–Crippen MR) is 108 cm³/mol. The Bertz CT molecular complexity index is 808. The van der Waals surface area contributed by atoms with Gasteiger partial charge in [-0.2, -0.15) is 0 Å². The van der Waals surface area contributed by atoms with Crippen LogP contribution in [0.3, 0.4) is 0 Å². The molecule has 2 aliphatic rings. The molecule has 2 fully saturated rings. The molecule has 2 heterocycles. The Morgan fingerprint density at radius 3 is 2.63 bits per heavy atom. The molecule has 146 valence electrons. The van der Waals surface area contributed by atoms with Gasteiger partial charge in [-0.3, -0.25) is 4.79 Å². The second kappa shape index (κ2) is 7.98. The van der Waals surface area contributed by atoms with Crippen LogP contribution in [0, 0.1) is 13.8 Å². The highest BCUT2D eigenvalue weighted by atomic mass is 35.5. The maximum absolute atomic E-state index is 12.7. The number of hydrogen-bond donors (Lipinski definition) is 2. The lowest BCUT2D eigenvalue weighted by atomic mass is 9.92. The van der Waals surface area contributed by atoms with Crippen LogP contribution in [-0.2, 0) is 5.41 Å². The van der Waals surface area contributed by atoms with Crippen molar-refractivity contribution < 1.29 is 4.79 Å². The molecule has 1 aromatic heterocycles. The Balaban J connectivity index is 0.00000210. The number of halogens is 1. The number of aryl methyl sites for hydroxylation is 1. The SMILES string of the molecule is Cc1ccccc1C1(CNC(=O)c2nnn(C3CCNCC3)c2C)CC1.Cl. The predicted octanol–water partition coefficient (Wildman–Crippen LogP) is 2.70. The summed E-state index contributed by atoms with van der Waals surface area (Å²) >= 11 is 0. The average molecular weight is 390 g/mol. The number of carbonyl (C=O) groups excluding carboxylic acids is 1. The first-order chi connectivity index (χ1) is 12.6. The number of nitrogens with one attached hydrogen (secondary N) is 2. The summed E-state index contributed by atoms with van der Waals surface area (Å²) in [6, 6.07) is 8.82. The molecule has 1 aliphatic carbocycles. The average Bonchev–Trinajstić information content (AvgIpc) is 3.35. The van der Waals surface area contributed by atoms with E-state index >= 15 is 0 Å². The molecule has 1 aromatic carbocycles. The quantitative estimate of drug-likeness (QED) is 0.824.